The molecule has 0 aliphatic carbocycles. The fourth-order valence-electron chi connectivity index (χ4n) is 1.94. The maximum Gasteiger partial charge on any atom is 0.225 e. The monoisotopic (exact) mass is 320 g/mol. The smallest absolute Gasteiger partial charge is 0.225 e. The van der Waals surface area contributed by atoms with Crippen LogP contribution in [0.1, 0.15) is 17.5 Å². The Morgan fingerprint density at radius 1 is 1.18 bits per heavy atom. The summed E-state index contributed by atoms with van der Waals surface area (Å²) in [4.78, 5) is 11.8. The van der Waals surface area contributed by atoms with Gasteiger partial charge in [-0.25, -0.2) is 4.39 Å². The minimum absolute atomic E-state index is 0.00436. The lowest BCUT2D eigenvalue weighted by Gasteiger charge is -2.07. The molecular formula is C17H18ClFN2O. The van der Waals surface area contributed by atoms with Crippen molar-refractivity contribution >= 4 is 23.2 Å². The summed E-state index contributed by atoms with van der Waals surface area (Å²) in [5, 5.41) is 5.89. The molecule has 0 spiro atoms. The van der Waals surface area contributed by atoms with E-state index in [-0.39, 0.29) is 10.9 Å². The predicted octanol–water partition coefficient (Wildman–Crippen LogP) is 3.91. The van der Waals surface area contributed by atoms with Crippen molar-refractivity contribution in [2.24, 2.45) is 0 Å². The molecule has 3 nitrogen and oxygen atoms in total. The number of amides is 1. The van der Waals surface area contributed by atoms with E-state index in [9.17, 15) is 9.18 Å². The lowest BCUT2D eigenvalue weighted by molar-refractivity contribution is -0.116. The van der Waals surface area contributed by atoms with Gasteiger partial charge in [0.25, 0.3) is 0 Å². The first-order valence-electron chi connectivity index (χ1n) is 7.06. The normalized spacial score (nSPS) is 10.5. The number of aryl methyl sites for hydroxylation is 1. The van der Waals surface area contributed by atoms with E-state index in [4.69, 9.17) is 11.6 Å². The van der Waals surface area contributed by atoms with E-state index in [0.717, 1.165) is 6.54 Å². The third kappa shape index (κ3) is 5.13. The molecule has 0 bridgehead atoms. The number of nitrogens with one attached hydrogen (secondary N) is 2. The van der Waals surface area contributed by atoms with Gasteiger partial charge in [-0.05, 0) is 30.7 Å². The topological polar surface area (TPSA) is 41.1 Å². The molecule has 0 unspecified atom stereocenters. The Hall–Kier alpha value is -1.91. The van der Waals surface area contributed by atoms with Crippen molar-refractivity contribution in [3.63, 3.8) is 0 Å². The summed E-state index contributed by atoms with van der Waals surface area (Å²) in [6, 6.07) is 12.3. The van der Waals surface area contributed by atoms with Crippen LogP contribution < -0.4 is 10.6 Å². The van der Waals surface area contributed by atoms with Gasteiger partial charge >= 0.3 is 0 Å². The fourth-order valence-corrected chi connectivity index (χ4v) is 2.12. The first-order valence-corrected chi connectivity index (χ1v) is 7.43. The number of hydrogen-bond donors (Lipinski definition) is 2. The molecule has 0 heterocycles. The number of benzene rings is 2. The van der Waals surface area contributed by atoms with Crippen LogP contribution in [-0.4, -0.2) is 12.5 Å². The summed E-state index contributed by atoms with van der Waals surface area (Å²) < 4.78 is 13.0. The highest BCUT2D eigenvalue weighted by Crippen LogP contribution is 2.19. The van der Waals surface area contributed by atoms with Gasteiger partial charge in [-0.15, -0.1) is 0 Å². The standard InChI is InChI=1S/C17H18ClFN2O/c1-12-2-4-13(5-3-12)11-20-9-8-17(22)21-14-6-7-16(19)15(18)10-14/h2-7,10,20H,8-9,11H2,1H3,(H,21,22). The van der Waals surface area contributed by atoms with Gasteiger partial charge < -0.3 is 10.6 Å². The Morgan fingerprint density at radius 3 is 2.59 bits per heavy atom. The number of carbonyl (C=O) groups is 1. The molecule has 0 radical (unpaired) electrons. The van der Waals surface area contributed by atoms with Gasteiger partial charge in [0, 0.05) is 25.2 Å². The molecule has 0 aliphatic rings. The van der Waals surface area contributed by atoms with Crippen LogP contribution in [0.3, 0.4) is 0 Å². The van der Waals surface area contributed by atoms with Crippen LogP contribution in [0.4, 0.5) is 10.1 Å². The largest absolute Gasteiger partial charge is 0.326 e. The Kier molecular flexibility index (Phi) is 5.92. The van der Waals surface area contributed by atoms with Crippen LogP contribution in [0, 0.1) is 12.7 Å². The highest BCUT2D eigenvalue weighted by molar-refractivity contribution is 6.31. The molecule has 22 heavy (non-hydrogen) atoms. The lowest BCUT2D eigenvalue weighted by atomic mass is 10.1. The van der Waals surface area contributed by atoms with Gasteiger partial charge in [0.05, 0.1) is 5.02 Å². The van der Waals surface area contributed by atoms with Gasteiger partial charge in [0.15, 0.2) is 0 Å². The van der Waals surface area contributed by atoms with E-state index in [1.165, 1.54) is 29.3 Å². The molecule has 5 heteroatoms. The average Bonchev–Trinajstić information content (AvgIpc) is 2.49. The molecule has 0 aromatic heterocycles. The molecule has 116 valence electrons. The van der Waals surface area contributed by atoms with Gasteiger partial charge in [0.2, 0.25) is 5.91 Å². The second-order valence-electron chi connectivity index (χ2n) is 5.09. The first kappa shape index (κ1) is 16.5. The molecule has 0 saturated heterocycles. The van der Waals surface area contributed by atoms with Crippen LogP contribution in [0.2, 0.25) is 5.02 Å². The molecule has 1 amide bonds. The minimum atomic E-state index is -0.501. The maximum absolute atomic E-state index is 13.0. The molecule has 0 saturated carbocycles. The van der Waals surface area contributed by atoms with Crippen molar-refractivity contribution in [1.82, 2.24) is 5.32 Å². The average molecular weight is 321 g/mol. The fraction of sp³-hybridized carbons (Fsp3) is 0.235. The zero-order valence-corrected chi connectivity index (χ0v) is 13.1. The van der Waals surface area contributed by atoms with Gasteiger partial charge in [-0.2, -0.15) is 0 Å². The third-order valence-corrected chi connectivity index (χ3v) is 3.47. The van der Waals surface area contributed by atoms with E-state index in [1.807, 2.05) is 6.92 Å². The van der Waals surface area contributed by atoms with E-state index < -0.39 is 5.82 Å². The summed E-state index contributed by atoms with van der Waals surface area (Å²) in [6.07, 6.45) is 0.334. The Balaban J connectivity index is 1.71. The SMILES string of the molecule is Cc1ccc(CNCCC(=O)Nc2ccc(F)c(Cl)c2)cc1. The van der Waals surface area contributed by atoms with Crippen LogP contribution in [0.15, 0.2) is 42.5 Å². The molecule has 0 fully saturated rings. The molecule has 2 aromatic carbocycles. The zero-order chi connectivity index (χ0) is 15.9. The second-order valence-corrected chi connectivity index (χ2v) is 5.50. The lowest BCUT2D eigenvalue weighted by Crippen LogP contribution is -2.21. The highest BCUT2D eigenvalue weighted by atomic mass is 35.5. The summed E-state index contributed by atoms with van der Waals surface area (Å²) in [5.74, 6) is -0.640. The van der Waals surface area contributed by atoms with E-state index in [1.54, 1.807) is 0 Å². The minimum Gasteiger partial charge on any atom is -0.326 e. The zero-order valence-electron chi connectivity index (χ0n) is 12.3. The second kappa shape index (κ2) is 7.92. The number of hydrogen-bond acceptors (Lipinski definition) is 2. The van der Waals surface area contributed by atoms with E-state index in [2.05, 4.69) is 34.9 Å². The van der Waals surface area contributed by atoms with Crippen molar-refractivity contribution in [3.05, 3.63) is 64.4 Å². The van der Waals surface area contributed by atoms with Crippen molar-refractivity contribution in [3.8, 4) is 0 Å². The third-order valence-electron chi connectivity index (χ3n) is 3.18. The van der Waals surface area contributed by atoms with Crippen molar-refractivity contribution in [2.75, 3.05) is 11.9 Å². The molecule has 2 rings (SSSR count). The van der Waals surface area contributed by atoms with Gasteiger partial charge in [0.1, 0.15) is 5.82 Å². The van der Waals surface area contributed by atoms with E-state index in [0.29, 0.717) is 18.7 Å². The van der Waals surface area contributed by atoms with E-state index >= 15 is 0 Å². The first-order chi connectivity index (χ1) is 10.5. The van der Waals surface area contributed by atoms with Crippen molar-refractivity contribution in [1.29, 1.82) is 0 Å². The summed E-state index contributed by atoms with van der Waals surface area (Å²) in [7, 11) is 0. The Bertz CT molecular complexity index is 644. The number of halogens is 2. The van der Waals surface area contributed by atoms with Crippen LogP contribution >= 0.6 is 11.6 Å². The van der Waals surface area contributed by atoms with Crippen LogP contribution in [-0.2, 0) is 11.3 Å². The van der Waals surface area contributed by atoms with Gasteiger partial charge in [-0.1, -0.05) is 41.4 Å². The Labute approximate surface area is 134 Å². The molecule has 2 N–H and O–H groups in total. The summed E-state index contributed by atoms with van der Waals surface area (Å²) in [5.41, 5.74) is 2.90. The van der Waals surface area contributed by atoms with Crippen molar-refractivity contribution < 1.29 is 9.18 Å². The summed E-state index contributed by atoms with van der Waals surface area (Å²) >= 11 is 5.66. The number of carbonyl (C=O) groups excluding carboxylic acids is 1. The number of anilines is 1. The molecular weight excluding hydrogens is 303 g/mol. The molecule has 0 atom stereocenters. The summed E-state index contributed by atoms with van der Waals surface area (Å²) in [6.45, 7) is 3.33. The molecule has 0 aliphatic heterocycles. The number of rotatable bonds is 6. The quantitative estimate of drug-likeness (QED) is 0.792. The Morgan fingerprint density at radius 2 is 1.91 bits per heavy atom. The van der Waals surface area contributed by atoms with Crippen LogP contribution in [0.25, 0.3) is 0 Å². The predicted molar refractivity (Wildman–Crippen MR) is 87.5 cm³/mol. The molecule has 2 aromatic rings. The van der Waals surface area contributed by atoms with Gasteiger partial charge in [-0.3, -0.25) is 4.79 Å². The highest BCUT2D eigenvalue weighted by Gasteiger charge is 2.05. The van der Waals surface area contributed by atoms with Crippen molar-refractivity contribution in [2.45, 2.75) is 19.9 Å². The van der Waals surface area contributed by atoms with Crippen LogP contribution in [0.5, 0.6) is 0 Å². The maximum atomic E-state index is 13.0.